The van der Waals surface area contributed by atoms with E-state index >= 15 is 0 Å². The number of para-hydroxylation sites is 1. The minimum absolute atomic E-state index is 0. The Bertz CT molecular complexity index is 1580. The minimum atomic E-state index is -4.11. The first-order valence-electron chi connectivity index (χ1n) is 11.4. The number of benzene rings is 3. The van der Waals surface area contributed by atoms with Crippen molar-refractivity contribution in [3.05, 3.63) is 88.7 Å². The maximum absolute atomic E-state index is 12.8. The van der Waals surface area contributed by atoms with Gasteiger partial charge in [0, 0.05) is 33.7 Å². The van der Waals surface area contributed by atoms with Crippen LogP contribution in [0, 0.1) is 0 Å². The topological polar surface area (TPSA) is 117 Å². The van der Waals surface area contributed by atoms with Crippen LogP contribution in [-0.2, 0) is 14.8 Å². The van der Waals surface area contributed by atoms with Crippen molar-refractivity contribution in [1.29, 1.82) is 0 Å². The molecule has 38 heavy (non-hydrogen) atoms. The molecule has 4 aromatic rings. The predicted octanol–water partition coefficient (Wildman–Crippen LogP) is 2.75. The number of allylic oxidation sites excluding steroid dienone is 1. The first kappa shape index (κ1) is 29.2. The van der Waals surface area contributed by atoms with Crippen molar-refractivity contribution in [1.82, 2.24) is 4.98 Å². The number of carbonyl (C=O) groups is 2. The first-order chi connectivity index (χ1) is 17.7. The maximum Gasteiger partial charge on any atom is 1.00 e. The van der Waals surface area contributed by atoms with Gasteiger partial charge in [0.15, 0.2) is 5.78 Å². The van der Waals surface area contributed by atoms with E-state index in [2.05, 4.69) is 9.71 Å². The molecule has 1 amide bonds. The number of amides is 1. The van der Waals surface area contributed by atoms with Gasteiger partial charge in [-0.15, -0.1) is 0 Å². The number of ketones is 1. The second-order valence-corrected chi connectivity index (χ2v) is 9.70. The van der Waals surface area contributed by atoms with Gasteiger partial charge >= 0.3 is 29.6 Å². The molecule has 0 atom stereocenters. The molecule has 190 valence electrons. The van der Waals surface area contributed by atoms with Crippen molar-refractivity contribution in [3.63, 3.8) is 0 Å². The number of aromatic nitrogens is 1. The van der Waals surface area contributed by atoms with Gasteiger partial charge in [0.05, 0.1) is 30.7 Å². The Balaban J connectivity index is 0.00000400. The van der Waals surface area contributed by atoms with Crippen LogP contribution in [0.3, 0.4) is 0 Å². The summed E-state index contributed by atoms with van der Waals surface area (Å²) in [6.45, 7) is 1.52. The molecule has 10 heteroatoms. The zero-order chi connectivity index (χ0) is 26.6. The van der Waals surface area contributed by atoms with E-state index in [-0.39, 0.29) is 52.2 Å². The second kappa shape index (κ2) is 12.4. The van der Waals surface area contributed by atoms with Gasteiger partial charge in [-0.1, -0.05) is 25.1 Å². The number of carbonyl (C=O) groups excluding carboxylic acids is 2. The molecule has 8 nitrogen and oxygen atoms in total. The van der Waals surface area contributed by atoms with Gasteiger partial charge in [-0.05, 0) is 61.0 Å². The predicted molar refractivity (Wildman–Crippen MR) is 142 cm³/mol. The van der Waals surface area contributed by atoms with Gasteiger partial charge in [-0.25, -0.2) is 8.42 Å². The number of hydrogen-bond donors (Lipinski definition) is 1. The number of nitrogens with zero attached hydrogens (tertiary/aromatic N) is 1. The molecule has 1 heterocycles. The van der Waals surface area contributed by atoms with Crippen molar-refractivity contribution in [2.45, 2.75) is 18.2 Å². The Kier molecular flexibility index (Phi) is 9.56. The number of sulfonamides is 1. The number of hydrogen-bond acceptors (Lipinski definition) is 6. The number of methoxy groups -OCH3 is 2. The van der Waals surface area contributed by atoms with Crippen LogP contribution in [0.5, 0.6) is 11.5 Å². The number of ether oxygens (including phenoxy) is 2. The summed E-state index contributed by atoms with van der Waals surface area (Å²) in [6, 6.07) is 18.8. The van der Waals surface area contributed by atoms with Gasteiger partial charge in [0.2, 0.25) is 0 Å². The summed E-state index contributed by atoms with van der Waals surface area (Å²) in [5.41, 5.74) is 3.57. The average Bonchev–Trinajstić information content (AvgIpc) is 3.35. The Hall–Kier alpha value is -3.37. The van der Waals surface area contributed by atoms with Crippen molar-refractivity contribution in [2.75, 3.05) is 14.2 Å². The van der Waals surface area contributed by atoms with Crippen LogP contribution in [0.1, 0.15) is 29.3 Å². The molecule has 1 N–H and O–H groups in total. The standard InChI is InChI=1S/C28H26N2O6S.Na/c1-4-28(32)30-37(33,34)21-12-9-18(10-13-21)25(31)14-11-20-15-22(27(36-3)17-26(20)35-2)24-16-19-7-5-6-8-23(19)29-24;/h5-17,29H,4H2,1-3H3,(H,30,32);/q;+1/p-1/b14-11+;. The molecule has 0 radical (unpaired) electrons. The summed E-state index contributed by atoms with van der Waals surface area (Å²) in [6.07, 6.45) is 3.00. The van der Waals surface area contributed by atoms with Crippen LogP contribution in [0.2, 0.25) is 0 Å². The summed E-state index contributed by atoms with van der Waals surface area (Å²) in [5.74, 6) is 0.0546. The smallest absolute Gasteiger partial charge is 0.542 e. The van der Waals surface area contributed by atoms with Crippen LogP contribution in [-0.4, -0.2) is 39.3 Å². The van der Waals surface area contributed by atoms with E-state index in [4.69, 9.17) is 9.47 Å². The zero-order valence-electron chi connectivity index (χ0n) is 21.5. The molecule has 0 aliphatic heterocycles. The molecular formula is C28H25N2NaO6S. The number of rotatable bonds is 9. The van der Waals surface area contributed by atoms with Crippen LogP contribution in [0.4, 0.5) is 0 Å². The fraction of sp³-hybridized carbons (Fsp3) is 0.143. The fourth-order valence-corrected chi connectivity index (χ4v) is 4.77. The Morgan fingerprint density at radius 2 is 1.63 bits per heavy atom. The molecule has 0 unspecified atom stereocenters. The first-order valence-corrected chi connectivity index (χ1v) is 12.9. The molecule has 0 aliphatic carbocycles. The molecular weight excluding hydrogens is 515 g/mol. The molecule has 3 aromatic carbocycles. The van der Waals surface area contributed by atoms with Crippen molar-refractivity contribution < 1.29 is 57.0 Å². The third-order valence-corrected chi connectivity index (χ3v) is 7.06. The van der Waals surface area contributed by atoms with E-state index in [0.29, 0.717) is 17.1 Å². The SMILES string of the molecule is CCC(=O)[N-]S(=O)(=O)c1ccc(C(=O)/C=C/c2cc(-c3cc4ccccc4[nH]3)c(OC)cc2OC)cc1.[Na+]. The molecule has 4 rings (SSSR count). The summed E-state index contributed by atoms with van der Waals surface area (Å²) in [5, 5.41) is 1.06. The van der Waals surface area contributed by atoms with Crippen LogP contribution < -0.4 is 39.0 Å². The second-order valence-electron chi connectivity index (χ2n) is 8.10. The van der Waals surface area contributed by atoms with E-state index in [9.17, 15) is 18.0 Å². The molecule has 1 aromatic heterocycles. The van der Waals surface area contributed by atoms with Crippen molar-refractivity contribution in [3.8, 4) is 22.8 Å². The number of aromatic amines is 1. The Morgan fingerprint density at radius 1 is 0.947 bits per heavy atom. The summed E-state index contributed by atoms with van der Waals surface area (Å²) >= 11 is 0. The number of H-pyrrole nitrogens is 1. The Morgan fingerprint density at radius 3 is 2.26 bits per heavy atom. The quantitative estimate of drug-likeness (QED) is 0.198. The van der Waals surface area contributed by atoms with Gasteiger partial charge in [-0.2, -0.15) is 0 Å². The van der Waals surface area contributed by atoms with E-state index in [1.165, 1.54) is 44.4 Å². The summed E-state index contributed by atoms with van der Waals surface area (Å²) < 4.78 is 38.8. The van der Waals surface area contributed by atoms with Crippen LogP contribution >= 0.6 is 0 Å². The molecule has 0 saturated heterocycles. The fourth-order valence-electron chi connectivity index (χ4n) is 3.79. The normalized spacial score (nSPS) is 11.2. The zero-order valence-corrected chi connectivity index (χ0v) is 24.3. The van der Waals surface area contributed by atoms with E-state index in [0.717, 1.165) is 22.2 Å². The minimum Gasteiger partial charge on any atom is -0.542 e. The van der Waals surface area contributed by atoms with Gasteiger partial charge in [0.25, 0.3) is 0 Å². The monoisotopic (exact) mass is 540 g/mol. The van der Waals surface area contributed by atoms with E-state index < -0.39 is 15.9 Å². The van der Waals surface area contributed by atoms with E-state index in [1.807, 2.05) is 36.4 Å². The number of fused-ring (bicyclic) bond motifs is 1. The maximum atomic E-state index is 12.8. The van der Waals surface area contributed by atoms with Crippen molar-refractivity contribution in [2.24, 2.45) is 0 Å². The largest absolute Gasteiger partial charge is 1.00 e. The van der Waals surface area contributed by atoms with Gasteiger partial charge in [-0.3, -0.25) is 4.79 Å². The molecule has 0 aliphatic rings. The van der Waals surface area contributed by atoms with Crippen molar-refractivity contribution >= 4 is 38.7 Å². The molecule has 0 bridgehead atoms. The van der Waals surface area contributed by atoms with E-state index in [1.54, 1.807) is 19.3 Å². The molecule has 0 spiro atoms. The van der Waals surface area contributed by atoms with Crippen LogP contribution in [0.25, 0.3) is 33.0 Å². The average molecular weight is 541 g/mol. The summed E-state index contributed by atoms with van der Waals surface area (Å²) in [4.78, 5) is 27.5. The van der Waals surface area contributed by atoms with Crippen LogP contribution in [0.15, 0.2) is 77.7 Å². The third-order valence-electron chi connectivity index (χ3n) is 5.75. The number of nitrogens with one attached hydrogen (secondary N) is 1. The van der Waals surface area contributed by atoms with Gasteiger partial charge in [0.1, 0.15) is 21.5 Å². The molecule has 0 saturated carbocycles. The summed E-state index contributed by atoms with van der Waals surface area (Å²) in [7, 11) is -1.00. The molecule has 0 fully saturated rings. The van der Waals surface area contributed by atoms with Gasteiger partial charge < -0.3 is 24.0 Å². The third kappa shape index (κ3) is 6.36. The Labute approximate surface area is 243 Å².